The molecule has 8 fully saturated rings. The zero-order valence-corrected chi connectivity index (χ0v) is 32.8. The number of β-lactam (4-membered cyclic amide) rings is 16. The molecule has 3 radical (unpaired) electrons. The first-order valence-corrected chi connectivity index (χ1v) is 12.8. The number of likely N-dealkylation sites (tertiary alicyclic amines) is 5. The molecule has 8 heterocycles. The van der Waals surface area contributed by atoms with Crippen molar-refractivity contribution in [2.75, 3.05) is 20.4 Å². The van der Waals surface area contributed by atoms with Gasteiger partial charge in [0.2, 0.25) is 5.41 Å². The van der Waals surface area contributed by atoms with Crippen LogP contribution in [0.2, 0.25) is 0 Å². The van der Waals surface area contributed by atoms with Gasteiger partial charge in [-0.3, -0.25) is 91.6 Å². The van der Waals surface area contributed by atoms with Gasteiger partial charge in [0, 0.05) is 105 Å². The topological polar surface area (TPSA) is 310 Å². The summed E-state index contributed by atoms with van der Waals surface area (Å²) in [6.07, 6.45) is 0. The van der Waals surface area contributed by atoms with Crippen molar-refractivity contribution in [3.8, 4) is 0 Å². The molecule has 0 atom stereocenters. The zero-order valence-electron chi connectivity index (χ0n) is 24.3. The Labute approximate surface area is 347 Å². The molecular weight excluding hydrogens is 911 g/mol. The minimum Gasteiger partial charge on any atom is -0.592 e. The van der Waals surface area contributed by atoms with Crippen LogP contribution in [0.1, 0.15) is 0 Å². The van der Waals surface area contributed by atoms with E-state index in [9.17, 15) is 76.7 Å². The number of carbonyl (C=O) groups excluding carboxylic acids is 16. The molecule has 0 unspecified atom stereocenters. The fraction of sp³-hybridized carbons (Fsp3) is 0.304. The van der Waals surface area contributed by atoms with E-state index < -0.39 is 130 Å². The number of imide groups is 8. The molecular formula is C23H7N8O16Y3-. The molecule has 8 saturated heterocycles. The van der Waals surface area contributed by atoms with E-state index in [-0.39, 0.29) is 128 Å². The van der Waals surface area contributed by atoms with Gasteiger partial charge in [0.1, 0.15) is 13.3 Å². The van der Waals surface area contributed by atoms with Crippen molar-refractivity contribution in [3.05, 3.63) is 5.32 Å². The average Bonchev–Trinajstić information content (AvgIpc) is 3.04. The molecule has 8 aliphatic rings. The summed E-state index contributed by atoms with van der Waals surface area (Å²) in [5, 5.41) is 2.45. The van der Waals surface area contributed by atoms with Crippen molar-refractivity contribution in [3.63, 3.8) is 0 Å². The van der Waals surface area contributed by atoms with E-state index >= 15 is 0 Å². The number of hydrogen-bond acceptors (Lipinski definition) is 16. The molecule has 0 saturated carbocycles. The van der Waals surface area contributed by atoms with E-state index in [1.807, 2.05) is 0 Å². The molecule has 27 heteroatoms. The molecule has 0 N–H and O–H groups in total. The first kappa shape index (κ1) is 37.7. The van der Waals surface area contributed by atoms with Crippen LogP contribution in [0.3, 0.4) is 0 Å². The summed E-state index contributed by atoms with van der Waals surface area (Å²) in [6, 6.07) is 0. The van der Waals surface area contributed by atoms with Gasteiger partial charge < -0.3 is 14.9 Å². The van der Waals surface area contributed by atoms with Crippen LogP contribution in [0.4, 0.5) is 0 Å². The molecule has 8 rings (SSSR count). The number of carbonyl (C=O) groups is 16. The van der Waals surface area contributed by atoms with Crippen LogP contribution in [0, 0.1) is 21.7 Å². The Hall–Kier alpha value is -3.57. The molecule has 0 aliphatic carbocycles. The predicted molar refractivity (Wildman–Crippen MR) is 122 cm³/mol. The normalized spacial score (nSPS) is 25.7. The SMILES string of the molecule is CN1C(=O)C2(C1=O)C(=O)N(N1C(=O)C3(C(=O)N(CN4C(=O)C5(C(=O)N(CN6C(=O)C7(C(=O)[N-]C7=O)C6=O)C5=O)C4=O)C3=O)C1=O)C2=O.[Y].[Y].[Y]. The van der Waals surface area contributed by atoms with Gasteiger partial charge in [-0.25, -0.2) is 0 Å². The summed E-state index contributed by atoms with van der Waals surface area (Å²) in [6.45, 7) is -2.45. The maximum absolute atomic E-state index is 12.9. The molecule has 0 aromatic rings. The van der Waals surface area contributed by atoms with E-state index in [1.165, 1.54) is 0 Å². The molecule has 16 amide bonds. The van der Waals surface area contributed by atoms with E-state index in [0.717, 1.165) is 7.05 Å². The third kappa shape index (κ3) is 3.10. The predicted octanol–water partition coefficient (Wildman–Crippen LogP) is -8.59. The van der Waals surface area contributed by atoms with Gasteiger partial charge in [-0.2, -0.15) is 10.0 Å². The number of hydrazine groups is 1. The number of hydrogen-bond donors (Lipinski definition) is 0. The summed E-state index contributed by atoms with van der Waals surface area (Å²) >= 11 is 0. The number of rotatable bonds is 5. The van der Waals surface area contributed by atoms with Gasteiger partial charge in [0.05, 0.1) is 11.8 Å². The van der Waals surface area contributed by atoms with Crippen LogP contribution in [0.25, 0.3) is 5.32 Å². The van der Waals surface area contributed by atoms with E-state index in [2.05, 4.69) is 5.32 Å². The third-order valence-electron chi connectivity index (χ3n) is 9.44. The summed E-state index contributed by atoms with van der Waals surface area (Å²) in [5.41, 5.74) is -11.6. The van der Waals surface area contributed by atoms with Gasteiger partial charge in [-0.05, 0) is 0 Å². The van der Waals surface area contributed by atoms with Crippen molar-refractivity contribution in [2.45, 2.75) is 0 Å². The van der Waals surface area contributed by atoms with Crippen molar-refractivity contribution in [1.29, 1.82) is 0 Å². The Bertz CT molecular complexity index is 1940. The molecule has 0 bridgehead atoms. The molecule has 8 aliphatic heterocycles. The molecule has 245 valence electrons. The van der Waals surface area contributed by atoms with Crippen molar-refractivity contribution >= 4 is 94.5 Å². The molecule has 50 heavy (non-hydrogen) atoms. The molecule has 4 spiro atoms. The van der Waals surface area contributed by atoms with E-state index in [1.54, 1.807) is 0 Å². The molecule has 0 aromatic carbocycles. The van der Waals surface area contributed by atoms with Crippen molar-refractivity contribution in [1.82, 2.24) is 34.5 Å². The minimum atomic E-state index is -3.12. The number of amides is 16. The van der Waals surface area contributed by atoms with Gasteiger partial charge in [-0.15, -0.1) is 0 Å². The molecule has 0 aromatic heterocycles. The Morgan fingerprint density at radius 3 is 0.840 bits per heavy atom. The number of nitrogens with zero attached hydrogens (tertiary/aromatic N) is 8. The van der Waals surface area contributed by atoms with Crippen LogP contribution >= 0.6 is 0 Å². The maximum atomic E-state index is 12.9. The monoisotopic (exact) mass is 918 g/mol. The Kier molecular flexibility index (Phi) is 7.91. The Morgan fingerprint density at radius 2 is 0.580 bits per heavy atom. The second kappa shape index (κ2) is 10.5. The smallest absolute Gasteiger partial charge is 0.288 e. The van der Waals surface area contributed by atoms with Crippen LogP contribution in [0.5, 0.6) is 0 Å². The van der Waals surface area contributed by atoms with E-state index in [4.69, 9.17) is 0 Å². The largest absolute Gasteiger partial charge is 0.592 e. The van der Waals surface area contributed by atoms with E-state index in [0.29, 0.717) is 4.90 Å². The standard InChI is InChI=1S/C23H8N8O16.3Y/c1-25-6(34)21(7(25)35)16(44)30(17(21)45)31-18(46)23(19(31)47)14(42)29(15(23)43)3-28-12(40)22(13(28)41)10(38)27(11(22)39)2-26-8(36)20(9(26)37)4(32)24-5(20)33;;;/h2-3H2,1H3,(H,24,32,33);;;/p-1. The fourth-order valence-electron chi connectivity index (χ4n) is 6.60. The van der Waals surface area contributed by atoms with Crippen LogP contribution < -0.4 is 0 Å². The first-order valence-electron chi connectivity index (χ1n) is 12.8. The second-order valence-electron chi connectivity index (χ2n) is 11.2. The third-order valence-corrected chi connectivity index (χ3v) is 9.44. The van der Waals surface area contributed by atoms with Crippen molar-refractivity contribution < 1.29 is 175 Å². The van der Waals surface area contributed by atoms with Gasteiger partial charge in [-0.1, -0.05) is 0 Å². The quantitative estimate of drug-likeness (QED) is 0.183. The minimum absolute atomic E-state index is 0. The summed E-state index contributed by atoms with van der Waals surface area (Å²) in [4.78, 5) is 200. The Morgan fingerprint density at radius 1 is 0.360 bits per heavy atom. The van der Waals surface area contributed by atoms with Gasteiger partial charge in [0.25, 0.3) is 98.9 Å². The Balaban J connectivity index is 0.00000162. The molecule has 24 nitrogen and oxygen atoms in total. The van der Waals surface area contributed by atoms with Gasteiger partial charge in [0.15, 0.2) is 0 Å². The summed E-state index contributed by atoms with van der Waals surface area (Å²) in [7, 11) is 0.962. The maximum Gasteiger partial charge on any atom is 0.288 e. The zero-order chi connectivity index (χ0) is 34.4. The average molecular weight is 918 g/mol. The van der Waals surface area contributed by atoms with Crippen LogP contribution in [-0.4, -0.2) is 149 Å². The summed E-state index contributed by atoms with van der Waals surface area (Å²) < 4.78 is 0. The summed E-state index contributed by atoms with van der Waals surface area (Å²) in [5.74, 6) is -23.9. The van der Waals surface area contributed by atoms with Crippen LogP contribution in [0.15, 0.2) is 0 Å². The first-order chi connectivity index (χ1) is 21.9. The van der Waals surface area contributed by atoms with Gasteiger partial charge >= 0.3 is 0 Å². The fourth-order valence-corrected chi connectivity index (χ4v) is 6.60. The van der Waals surface area contributed by atoms with Crippen LogP contribution in [-0.2, 0) is 175 Å². The second-order valence-corrected chi connectivity index (χ2v) is 11.2. The van der Waals surface area contributed by atoms with Crippen molar-refractivity contribution in [2.24, 2.45) is 21.7 Å².